The zero-order valence-electron chi connectivity index (χ0n) is 11.2. The zero-order chi connectivity index (χ0) is 13.8. The third-order valence-electron chi connectivity index (χ3n) is 2.96. The molecule has 0 aliphatic heterocycles. The van der Waals surface area contributed by atoms with Gasteiger partial charge in [-0.3, -0.25) is 4.68 Å². The van der Waals surface area contributed by atoms with E-state index in [1.807, 2.05) is 24.7 Å². The second kappa shape index (κ2) is 6.16. The molecular weight excluding hydrogens is 266 g/mol. The molecular formula is C12H18ClN5O. The standard InChI is InChI=1S/C12H18ClN5O/c1-3-10-12(13)11(18(4-2)15-10)8-17-7-9(5-6-19)14-16-17/h7,19H,3-6,8H2,1-2H3. The van der Waals surface area contributed by atoms with Crippen molar-refractivity contribution in [3.8, 4) is 0 Å². The van der Waals surface area contributed by atoms with Crippen molar-refractivity contribution >= 4 is 11.6 Å². The fourth-order valence-electron chi connectivity index (χ4n) is 1.97. The molecule has 19 heavy (non-hydrogen) atoms. The number of aromatic nitrogens is 5. The van der Waals surface area contributed by atoms with Crippen molar-refractivity contribution in [2.75, 3.05) is 6.61 Å². The average molecular weight is 284 g/mol. The minimum atomic E-state index is 0.0757. The van der Waals surface area contributed by atoms with Gasteiger partial charge in [0.15, 0.2) is 0 Å². The third kappa shape index (κ3) is 2.96. The lowest BCUT2D eigenvalue weighted by Gasteiger charge is -2.04. The Kier molecular flexibility index (Phi) is 4.55. The molecule has 2 aromatic rings. The first-order valence-corrected chi connectivity index (χ1v) is 6.81. The Hall–Kier alpha value is -1.40. The molecule has 0 amide bonds. The van der Waals surface area contributed by atoms with Crippen LogP contribution >= 0.6 is 11.6 Å². The zero-order valence-corrected chi connectivity index (χ0v) is 11.9. The molecule has 0 saturated heterocycles. The number of hydrogen-bond donors (Lipinski definition) is 1. The highest BCUT2D eigenvalue weighted by molar-refractivity contribution is 6.31. The maximum absolute atomic E-state index is 8.87. The maximum atomic E-state index is 8.87. The van der Waals surface area contributed by atoms with Crippen molar-refractivity contribution < 1.29 is 5.11 Å². The van der Waals surface area contributed by atoms with E-state index in [2.05, 4.69) is 15.4 Å². The molecule has 0 spiro atoms. The first-order valence-electron chi connectivity index (χ1n) is 6.43. The Morgan fingerprint density at radius 3 is 2.79 bits per heavy atom. The summed E-state index contributed by atoms with van der Waals surface area (Å²) in [5.41, 5.74) is 2.63. The molecule has 7 heteroatoms. The van der Waals surface area contributed by atoms with Gasteiger partial charge in [0.05, 0.1) is 28.6 Å². The van der Waals surface area contributed by atoms with E-state index in [-0.39, 0.29) is 6.61 Å². The molecule has 0 aromatic carbocycles. The van der Waals surface area contributed by atoms with E-state index in [9.17, 15) is 0 Å². The van der Waals surface area contributed by atoms with Crippen LogP contribution in [-0.2, 0) is 25.9 Å². The van der Waals surface area contributed by atoms with Crippen molar-refractivity contribution in [1.29, 1.82) is 0 Å². The summed E-state index contributed by atoms with van der Waals surface area (Å²) in [5, 5.41) is 22.1. The topological polar surface area (TPSA) is 68.8 Å². The molecule has 0 unspecified atom stereocenters. The lowest BCUT2D eigenvalue weighted by atomic mass is 10.3. The van der Waals surface area contributed by atoms with Crippen molar-refractivity contribution in [3.63, 3.8) is 0 Å². The highest BCUT2D eigenvalue weighted by Gasteiger charge is 2.15. The van der Waals surface area contributed by atoms with E-state index in [4.69, 9.17) is 16.7 Å². The van der Waals surface area contributed by atoms with Crippen LogP contribution in [0, 0.1) is 0 Å². The second-order valence-electron chi connectivity index (χ2n) is 4.26. The number of aliphatic hydroxyl groups excluding tert-OH is 1. The van der Waals surface area contributed by atoms with E-state index < -0.39 is 0 Å². The average Bonchev–Trinajstić information content (AvgIpc) is 2.97. The first kappa shape index (κ1) is 14.0. The third-order valence-corrected chi connectivity index (χ3v) is 3.40. The van der Waals surface area contributed by atoms with Gasteiger partial charge in [-0.25, -0.2) is 4.68 Å². The molecule has 1 N–H and O–H groups in total. The van der Waals surface area contributed by atoms with Gasteiger partial charge in [-0.15, -0.1) is 5.10 Å². The van der Waals surface area contributed by atoms with Crippen LogP contribution in [0.1, 0.15) is 30.9 Å². The summed E-state index contributed by atoms with van der Waals surface area (Å²) in [5.74, 6) is 0. The first-order chi connectivity index (χ1) is 9.19. The quantitative estimate of drug-likeness (QED) is 0.867. The van der Waals surface area contributed by atoms with Crippen LogP contribution in [0.3, 0.4) is 0 Å². The van der Waals surface area contributed by atoms with Crippen LogP contribution in [0.15, 0.2) is 6.20 Å². The van der Waals surface area contributed by atoms with Crippen LogP contribution in [0.25, 0.3) is 0 Å². The summed E-state index contributed by atoms with van der Waals surface area (Å²) >= 11 is 6.34. The van der Waals surface area contributed by atoms with E-state index in [1.54, 1.807) is 4.68 Å². The number of aryl methyl sites for hydroxylation is 2. The van der Waals surface area contributed by atoms with E-state index >= 15 is 0 Å². The summed E-state index contributed by atoms with van der Waals surface area (Å²) in [7, 11) is 0. The monoisotopic (exact) mass is 283 g/mol. The van der Waals surface area contributed by atoms with Gasteiger partial charge >= 0.3 is 0 Å². The summed E-state index contributed by atoms with van der Waals surface area (Å²) in [6.45, 7) is 5.45. The Labute approximate surface area is 117 Å². The van der Waals surface area contributed by atoms with Crippen LogP contribution in [0.5, 0.6) is 0 Å². The largest absolute Gasteiger partial charge is 0.396 e. The highest BCUT2D eigenvalue weighted by atomic mass is 35.5. The number of nitrogens with zero attached hydrogens (tertiary/aromatic N) is 5. The van der Waals surface area contributed by atoms with Crippen LogP contribution in [-0.4, -0.2) is 36.5 Å². The van der Waals surface area contributed by atoms with Crippen molar-refractivity contribution in [3.05, 3.63) is 28.3 Å². The van der Waals surface area contributed by atoms with E-state index in [0.29, 0.717) is 18.0 Å². The van der Waals surface area contributed by atoms with Gasteiger partial charge in [-0.1, -0.05) is 23.7 Å². The minimum absolute atomic E-state index is 0.0757. The summed E-state index contributed by atoms with van der Waals surface area (Å²) in [4.78, 5) is 0. The van der Waals surface area contributed by atoms with Gasteiger partial charge < -0.3 is 5.11 Å². The Morgan fingerprint density at radius 2 is 2.16 bits per heavy atom. The summed E-state index contributed by atoms with van der Waals surface area (Å²) < 4.78 is 3.62. The SMILES string of the molecule is CCc1nn(CC)c(Cn2cc(CCO)nn2)c1Cl. The summed E-state index contributed by atoms with van der Waals surface area (Å²) in [6.07, 6.45) is 3.15. The Bertz CT molecular complexity index is 548. The number of halogens is 1. The molecule has 6 nitrogen and oxygen atoms in total. The molecule has 0 atom stereocenters. The molecule has 2 heterocycles. The molecule has 0 aliphatic rings. The summed E-state index contributed by atoms with van der Waals surface area (Å²) in [6, 6.07) is 0. The van der Waals surface area contributed by atoms with Crippen molar-refractivity contribution in [2.24, 2.45) is 0 Å². The van der Waals surface area contributed by atoms with Gasteiger partial charge in [0.1, 0.15) is 0 Å². The number of hydrogen-bond acceptors (Lipinski definition) is 4. The fraction of sp³-hybridized carbons (Fsp3) is 0.583. The Balaban J connectivity index is 2.23. The fourth-order valence-corrected chi connectivity index (χ4v) is 2.30. The van der Waals surface area contributed by atoms with Gasteiger partial charge in [0.25, 0.3) is 0 Å². The molecule has 0 fully saturated rings. The van der Waals surface area contributed by atoms with E-state index in [0.717, 1.165) is 30.0 Å². The van der Waals surface area contributed by atoms with Crippen LogP contribution in [0.2, 0.25) is 5.02 Å². The number of rotatable bonds is 6. The number of aliphatic hydroxyl groups is 1. The predicted molar refractivity (Wildman–Crippen MR) is 72.2 cm³/mol. The smallest absolute Gasteiger partial charge is 0.0869 e. The van der Waals surface area contributed by atoms with Gasteiger partial charge in [0, 0.05) is 25.8 Å². The molecule has 2 aromatic heterocycles. The molecule has 0 bridgehead atoms. The molecule has 0 saturated carbocycles. The van der Waals surface area contributed by atoms with E-state index in [1.165, 1.54) is 0 Å². The maximum Gasteiger partial charge on any atom is 0.0869 e. The molecule has 0 aliphatic carbocycles. The van der Waals surface area contributed by atoms with Crippen molar-refractivity contribution in [2.45, 2.75) is 39.8 Å². The predicted octanol–water partition coefficient (Wildman–Crippen LogP) is 1.29. The van der Waals surface area contributed by atoms with Gasteiger partial charge in [-0.2, -0.15) is 5.10 Å². The highest BCUT2D eigenvalue weighted by Crippen LogP contribution is 2.22. The molecule has 0 radical (unpaired) electrons. The van der Waals surface area contributed by atoms with Crippen molar-refractivity contribution in [1.82, 2.24) is 24.8 Å². The van der Waals surface area contributed by atoms with Gasteiger partial charge in [-0.05, 0) is 13.3 Å². The lowest BCUT2D eigenvalue weighted by Crippen LogP contribution is -2.08. The lowest BCUT2D eigenvalue weighted by molar-refractivity contribution is 0.298. The van der Waals surface area contributed by atoms with Gasteiger partial charge in [0.2, 0.25) is 0 Å². The Morgan fingerprint density at radius 1 is 1.37 bits per heavy atom. The minimum Gasteiger partial charge on any atom is -0.396 e. The molecule has 2 rings (SSSR count). The van der Waals surface area contributed by atoms with Crippen LogP contribution < -0.4 is 0 Å². The normalized spacial score (nSPS) is 11.2. The van der Waals surface area contributed by atoms with Crippen LogP contribution in [0.4, 0.5) is 0 Å². The molecule has 104 valence electrons. The second-order valence-corrected chi connectivity index (χ2v) is 4.64.